The topological polar surface area (TPSA) is 41.6 Å². The summed E-state index contributed by atoms with van der Waals surface area (Å²) in [5, 5.41) is 8.66. The molecular weight excluding hydrogens is 234 g/mol. The maximum absolute atomic E-state index is 8.66. The SMILES string of the molecule is N#CCCn1cnc(C2C3CC4CC(C3)CC2C4)c1. The second-order valence-corrected chi connectivity index (χ2v) is 6.90. The van der Waals surface area contributed by atoms with Gasteiger partial charge in [-0.15, -0.1) is 0 Å². The van der Waals surface area contributed by atoms with Gasteiger partial charge in [0.15, 0.2) is 0 Å². The van der Waals surface area contributed by atoms with Gasteiger partial charge >= 0.3 is 0 Å². The molecule has 0 atom stereocenters. The van der Waals surface area contributed by atoms with Crippen LogP contribution in [0.4, 0.5) is 0 Å². The Morgan fingerprint density at radius 1 is 1.16 bits per heavy atom. The lowest BCUT2D eigenvalue weighted by Gasteiger charge is -2.54. The van der Waals surface area contributed by atoms with Crippen LogP contribution in [0.15, 0.2) is 12.5 Å². The fraction of sp³-hybridized carbons (Fsp3) is 0.750. The van der Waals surface area contributed by atoms with Crippen molar-refractivity contribution in [2.24, 2.45) is 23.7 Å². The van der Waals surface area contributed by atoms with Gasteiger partial charge in [-0.25, -0.2) is 4.98 Å². The molecule has 4 aliphatic carbocycles. The Hall–Kier alpha value is -1.30. The van der Waals surface area contributed by atoms with Gasteiger partial charge in [0, 0.05) is 18.7 Å². The summed E-state index contributed by atoms with van der Waals surface area (Å²) in [6, 6.07) is 2.21. The predicted octanol–water partition coefficient (Wildman–Crippen LogP) is 3.34. The predicted molar refractivity (Wildman–Crippen MR) is 72.2 cm³/mol. The molecule has 3 nitrogen and oxygen atoms in total. The van der Waals surface area contributed by atoms with Crippen molar-refractivity contribution < 1.29 is 0 Å². The number of aryl methyl sites for hydroxylation is 1. The molecule has 4 bridgehead atoms. The molecule has 1 aromatic rings. The third-order valence-electron chi connectivity index (χ3n) is 5.70. The Kier molecular flexibility index (Phi) is 2.65. The zero-order chi connectivity index (χ0) is 12.8. The zero-order valence-electron chi connectivity index (χ0n) is 11.3. The number of rotatable bonds is 3. The van der Waals surface area contributed by atoms with E-state index < -0.39 is 0 Å². The Bertz CT molecular complexity index is 482. The van der Waals surface area contributed by atoms with Crippen LogP contribution in [0.2, 0.25) is 0 Å². The van der Waals surface area contributed by atoms with Gasteiger partial charge in [-0.1, -0.05) is 0 Å². The van der Waals surface area contributed by atoms with Crippen molar-refractivity contribution in [1.29, 1.82) is 5.26 Å². The highest BCUT2D eigenvalue weighted by Gasteiger charge is 2.49. The van der Waals surface area contributed by atoms with E-state index in [2.05, 4.69) is 21.8 Å². The van der Waals surface area contributed by atoms with E-state index in [1.54, 1.807) is 0 Å². The van der Waals surface area contributed by atoms with Crippen molar-refractivity contribution >= 4 is 0 Å². The minimum Gasteiger partial charge on any atom is -0.336 e. The first-order valence-electron chi connectivity index (χ1n) is 7.72. The molecule has 100 valence electrons. The summed E-state index contributed by atoms with van der Waals surface area (Å²) in [5.74, 6) is 4.57. The summed E-state index contributed by atoms with van der Waals surface area (Å²) in [6.45, 7) is 0.788. The van der Waals surface area contributed by atoms with E-state index >= 15 is 0 Å². The summed E-state index contributed by atoms with van der Waals surface area (Å²) in [6.07, 6.45) is 12.0. The van der Waals surface area contributed by atoms with Crippen molar-refractivity contribution in [2.75, 3.05) is 0 Å². The fourth-order valence-electron chi connectivity index (χ4n) is 5.26. The van der Waals surface area contributed by atoms with Gasteiger partial charge in [0.05, 0.1) is 24.5 Å². The van der Waals surface area contributed by atoms with E-state index in [0.29, 0.717) is 6.42 Å². The lowest BCUT2D eigenvalue weighted by Crippen LogP contribution is -2.43. The van der Waals surface area contributed by atoms with E-state index in [4.69, 9.17) is 5.26 Å². The van der Waals surface area contributed by atoms with Crippen molar-refractivity contribution in [3.05, 3.63) is 18.2 Å². The monoisotopic (exact) mass is 255 g/mol. The molecule has 0 amide bonds. The summed E-state index contributed by atoms with van der Waals surface area (Å²) < 4.78 is 2.10. The van der Waals surface area contributed by atoms with Gasteiger partial charge in [-0.2, -0.15) is 5.26 Å². The number of hydrogen-bond donors (Lipinski definition) is 0. The second-order valence-electron chi connectivity index (χ2n) is 6.90. The minimum atomic E-state index is 0.581. The molecule has 0 unspecified atom stereocenters. The van der Waals surface area contributed by atoms with Crippen molar-refractivity contribution in [2.45, 2.75) is 51.0 Å². The average molecular weight is 255 g/mol. The van der Waals surface area contributed by atoms with Gasteiger partial charge < -0.3 is 4.57 Å². The first-order valence-corrected chi connectivity index (χ1v) is 7.72. The molecule has 0 aromatic carbocycles. The van der Waals surface area contributed by atoms with E-state index in [0.717, 1.165) is 36.1 Å². The molecule has 0 N–H and O–H groups in total. The average Bonchev–Trinajstić information content (AvgIpc) is 2.83. The molecule has 0 saturated heterocycles. The number of nitrogens with zero attached hydrogens (tertiary/aromatic N) is 3. The number of hydrogen-bond acceptors (Lipinski definition) is 2. The quantitative estimate of drug-likeness (QED) is 0.831. The van der Waals surface area contributed by atoms with Crippen molar-refractivity contribution in [3.63, 3.8) is 0 Å². The third-order valence-corrected chi connectivity index (χ3v) is 5.70. The van der Waals surface area contributed by atoms with E-state index in [1.165, 1.54) is 37.8 Å². The highest BCUT2D eigenvalue weighted by Crippen LogP contribution is 2.59. The third kappa shape index (κ3) is 1.89. The Labute approximate surface area is 114 Å². The van der Waals surface area contributed by atoms with Crippen LogP contribution >= 0.6 is 0 Å². The summed E-state index contributed by atoms with van der Waals surface area (Å²) in [4.78, 5) is 4.67. The molecule has 0 radical (unpaired) electrons. The molecule has 0 aliphatic heterocycles. The minimum absolute atomic E-state index is 0.581. The van der Waals surface area contributed by atoms with Gasteiger partial charge in [0.2, 0.25) is 0 Å². The van der Waals surface area contributed by atoms with Crippen LogP contribution in [0.25, 0.3) is 0 Å². The number of imidazole rings is 1. The van der Waals surface area contributed by atoms with Crippen LogP contribution in [0.1, 0.15) is 50.1 Å². The lowest BCUT2D eigenvalue weighted by molar-refractivity contribution is -0.00405. The largest absolute Gasteiger partial charge is 0.336 e. The standard InChI is InChI=1S/C16H21N3/c17-2-1-3-19-9-15(18-10-19)16-13-5-11-4-12(7-13)8-14(16)6-11/h9-14,16H,1,3-8H2. The van der Waals surface area contributed by atoms with Crippen molar-refractivity contribution in [3.8, 4) is 6.07 Å². The molecule has 4 fully saturated rings. The lowest BCUT2D eigenvalue weighted by atomic mass is 9.51. The van der Waals surface area contributed by atoms with E-state index in [9.17, 15) is 0 Å². The zero-order valence-corrected chi connectivity index (χ0v) is 11.3. The molecule has 19 heavy (non-hydrogen) atoms. The smallest absolute Gasteiger partial charge is 0.0949 e. The van der Waals surface area contributed by atoms with E-state index in [1.807, 2.05) is 6.33 Å². The summed E-state index contributed by atoms with van der Waals surface area (Å²) in [7, 11) is 0. The van der Waals surface area contributed by atoms with Gasteiger partial charge in [-0.3, -0.25) is 0 Å². The van der Waals surface area contributed by atoms with Crippen molar-refractivity contribution in [1.82, 2.24) is 9.55 Å². The maximum atomic E-state index is 8.66. The highest BCUT2D eigenvalue weighted by atomic mass is 15.0. The number of nitriles is 1. The van der Waals surface area contributed by atoms with Gasteiger partial charge in [0.25, 0.3) is 0 Å². The van der Waals surface area contributed by atoms with Gasteiger partial charge in [-0.05, 0) is 55.8 Å². The number of aromatic nitrogens is 2. The van der Waals surface area contributed by atoms with E-state index in [-0.39, 0.29) is 0 Å². The summed E-state index contributed by atoms with van der Waals surface area (Å²) >= 11 is 0. The Balaban J connectivity index is 1.56. The Morgan fingerprint density at radius 2 is 1.84 bits per heavy atom. The molecule has 1 aromatic heterocycles. The van der Waals surface area contributed by atoms with Crippen LogP contribution in [0.3, 0.4) is 0 Å². The van der Waals surface area contributed by atoms with Crippen LogP contribution in [-0.4, -0.2) is 9.55 Å². The molecule has 5 rings (SSSR count). The van der Waals surface area contributed by atoms with Crippen LogP contribution in [0.5, 0.6) is 0 Å². The molecule has 4 saturated carbocycles. The van der Waals surface area contributed by atoms with Crippen LogP contribution < -0.4 is 0 Å². The Morgan fingerprint density at radius 3 is 2.47 bits per heavy atom. The highest BCUT2D eigenvalue weighted by molar-refractivity contribution is 5.15. The first kappa shape index (κ1) is 11.5. The molecule has 1 heterocycles. The van der Waals surface area contributed by atoms with Crippen LogP contribution in [0, 0.1) is 35.0 Å². The first-order chi connectivity index (χ1) is 9.33. The second kappa shape index (κ2) is 4.37. The van der Waals surface area contributed by atoms with Crippen LogP contribution in [-0.2, 0) is 6.54 Å². The van der Waals surface area contributed by atoms with Gasteiger partial charge in [0.1, 0.15) is 0 Å². The fourth-order valence-corrected chi connectivity index (χ4v) is 5.26. The normalized spacial score (nSPS) is 39.4. The molecule has 3 heteroatoms. The molecule has 4 aliphatic rings. The summed E-state index contributed by atoms with van der Waals surface area (Å²) in [5.41, 5.74) is 1.31. The molecule has 0 spiro atoms. The maximum Gasteiger partial charge on any atom is 0.0949 e. The molecular formula is C16H21N3.